The van der Waals surface area contributed by atoms with Crippen LogP contribution in [0.5, 0.6) is 0 Å². The lowest BCUT2D eigenvalue weighted by molar-refractivity contribution is 0.0951. The average molecular weight is 436 g/mol. The van der Waals surface area contributed by atoms with Gasteiger partial charge in [-0.05, 0) is 50.3 Å². The molecule has 1 fully saturated rings. The molecular weight excluding hydrogens is 410 g/mol. The molecule has 0 saturated carbocycles. The van der Waals surface area contributed by atoms with Crippen molar-refractivity contribution in [1.82, 2.24) is 10.3 Å². The maximum atomic E-state index is 12.5. The molecule has 1 unspecified atom stereocenters. The molecule has 1 aromatic carbocycles. The first-order chi connectivity index (χ1) is 12.6. The van der Waals surface area contributed by atoms with E-state index in [1.165, 1.54) is 5.69 Å². The summed E-state index contributed by atoms with van der Waals surface area (Å²) >= 11 is 5.09. The highest BCUT2D eigenvalue weighted by Gasteiger charge is 2.24. The van der Waals surface area contributed by atoms with Gasteiger partial charge in [0.15, 0.2) is 0 Å². The number of halogens is 1. The van der Waals surface area contributed by atoms with Crippen LogP contribution in [0.1, 0.15) is 46.6 Å². The third-order valence-electron chi connectivity index (χ3n) is 4.80. The molecule has 2 aromatic rings. The van der Waals surface area contributed by atoms with Gasteiger partial charge in [0.25, 0.3) is 5.91 Å². The van der Waals surface area contributed by atoms with Crippen LogP contribution in [-0.4, -0.2) is 30.5 Å². The normalized spacial score (nSPS) is 16.9. The van der Waals surface area contributed by atoms with Crippen LogP contribution in [0.15, 0.2) is 28.7 Å². The van der Waals surface area contributed by atoms with Crippen LogP contribution in [0.3, 0.4) is 0 Å². The number of amides is 1. The second kappa shape index (κ2) is 9.00. The number of benzene rings is 1. The van der Waals surface area contributed by atoms with E-state index in [-0.39, 0.29) is 5.91 Å². The highest BCUT2D eigenvalue weighted by Crippen LogP contribution is 2.26. The van der Waals surface area contributed by atoms with Crippen molar-refractivity contribution in [1.29, 1.82) is 0 Å². The molecule has 0 bridgehead atoms. The van der Waals surface area contributed by atoms with Gasteiger partial charge in [0.1, 0.15) is 4.88 Å². The largest absolute Gasteiger partial charge is 0.371 e. The van der Waals surface area contributed by atoms with Crippen molar-refractivity contribution in [3.8, 4) is 0 Å². The number of hydrogen-bond acceptors (Lipinski definition) is 4. The van der Waals surface area contributed by atoms with E-state index in [0.717, 1.165) is 65.4 Å². The minimum absolute atomic E-state index is 0.0312. The average Bonchev–Trinajstić information content (AvgIpc) is 3.24. The van der Waals surface area contributed by atoms with Gasteiger partial charge in [0, 0.05) is 29.8 Å². The van der Waals surface area contributed by atoms with E-state index in [2.05, 4.69) is 56.3 Å². The molecule has 26 heavy (non-hydrogen) atoms. The summed E-state index contributed by atoms with van der Waals surface area (Å²) < 4.78 is 1.10. The van der Waals surface area contributed by atoms with E-state index >= 15 is 0 Å². The van der Waals surface area contributed by atoms with Crippen LogP contribution in [-0.2, 0) is 6.42 Å². The van der Waals surface area contributed by atoms with E-state index in [9.17, 15) is 4.79 Å². The van der Waals surface area contributed by atoms with Gasteiger partial charge < -0.3 is 10.2 Å². The quantitative estimate of drug-likeness (QED) is 0.678. The number of rotatable bonds is 7. The topological polar surface area (TPSA) is 45.2 Å². The number of anilines is 1. The minimum atomic E-state index is 0.0312. The number of carbonyl (C=O) groups is 1. The highest BCUT2D eigenvalue weighted by atomic mass is 79.9. The lowest BCUT2D eigenvalue weighted by atomic mass is 10.1. The Kier molecular flexibility index (Phi) is 6.70. The number of nitrogens with one attached hydrogen (secondary N) is 1. The molecule has 3 rings (SSSR count). The molecule has 1 N–H and O–H groups in total. The molecule has 140 valence electrons. The van der Waals surface area contributed by atoms with Crippen LogP contribution in [0.25, 0.3) is 0 Å². The van der Waals surface area contributed by atoms with E-state index < -0.39 is 0 Å². The van der Waals surface area contributed by atoms with Gasteiger partial charge in [0.2, 0.25) is 0 Å². The summed E-state index contributed by atoms with van der Waals surface area (Å²) in [7, 11) is 0. The second-order valence-corrected chi connectivity index (χ2v) is 8.92. The van der Waals surface area contributed by atoms with Crippen LogP contribution >= 0.6 is 27.3 Å². The van der Waals surface area contributed by atoms with E-state index in [1.54, 1.807) is 11.3 Å². The first-order valence-corrected chi connectivity index (χ1v) is 10.9. The molecule has 6 heteroatoms. The lowest BCUT2D eigenvalue weighted by Crippen LogP contribution is -2.30. The Hall–Kier alpha value is -1.40. The fourth-order valence-electron chi connectivity index (χ4n) is 3.32. The minimum Gasteiger partial charge on any atom is -0.371 e. The van der Waals surface area contributed by atoms with E-state index in [1.807, 2.05) is 13.0 Å². The summed E-state index contributed by atoms with van der Waals surface area (Å²) in [5, 5.41) is 4.21. The Morgan fingerprint density at radius 2 is 2.31 bits per heavy atom. The molecule has 1 saturated heterocycles. The Morgan fingerprint density at radius 3 is 3.08 bits per heavy atom. The van der Waals surface area contributed by atoms with Gasteiger partial charge in [0.05, 0.1) is 10.7 Å². The summed E-state index contributed by atoms with van der Waals surface area (Å²) in [6, 6.07) is 8.41. The molecule has 4 nitrogen and oxygen atoms in total. The summed E-state index contributed by atoms with van der Waals surface area (Å²) in [6.07, 6.45) is 4.35. The molecule has 0 aliphatic carbocycles. The second-order valence-electron chi connectivity index (χ2n) is 6.92. The van der Waals surface area contributed by atoms with Gasteiger partial charge in [-0.2, -0.15) is 0 Å². The Balaban J connectivity index is 1.51. The molecule has 1 aromatic heterocycles. The van der Waals surface area contributed by atoms with Crippen LogP contribution < -0.4 is 10.2 Å². The molecule has 1 amide bonds. The van der Waals surface area contributed by atoms with Crippen LogP contribution in [0.4, 0.5) is 5.69 Å². The molecule has 0 radical (unpaired) electrons. The third-order valence-corrected chi connectivity index (χ3v) is 6.51. The molecule has 1 aliphatic heterocycles. The zero-order valence-corrected chi connectivity index (χ0v) is 17.8. The summed E-state index contributed by atoms with van der Waals surface area (Å²) in [5.41, 5.74) is 2.10. The maximum absolute atomic E-state index is 12.5. The Morgan fingerprint density at radius 1 is 1.46 bits per heavy atom. The summed E-state index contributed by atoms with van der Waals surface area (Å²) in [4.78, 5) is 20.3. The van der Waals surface area contributed by atoms with Crippen molar-refractivity contribution in [2.24, 2.45) is 5.92 Å². The van der Waals surface area contributed by atoms with Gasteiger partial charge in [-0.3, -0.25) is 4.79 Å². The van der Waals surface area contributed by atoms with Crippen LogP contribution in [0.2, 0.25) is 0 Å². The van der Waals surface area contributed by atoms with E-state index in [4.69, 9.17) is 0 Å². The number of nitrogens with zero attached hydrogens (tertiary/aromatic N) is 2. The number of thiazole rings is 1. The molecule has 0 spiro atoms. The number of unbranched alkanes of at least 4 members (excludes halogenated alkanes) is 1. The summed E-state index contributed by atoms with van der Waals surface area (Å²) in [5.74, 6) is 0.523. The molecule has 1 aliphatic rings. The highest BCUT2D eigenvalue weighted by molar-refractivity contribution is 9.10. The van der Waals surface area contributed by atoms with Crippen LogP contribution in [0, 0.1) is 12.8 Å². The number of carbonyl (C=O) groups excluding carboxylic acids is 1. The Labute approximate surface area is 168 Å². The fraction of sp³-hybridized carbons (Fsp3) is 0.500. The number of hydrogen-bond donors (Lipinski definition) is 1. The van der Waals surface area contributed by atoms with Gasteiger partial charge in [-0.15, -0.1) is 11.3 Å². The standard InChI is InChI=1S/C20H26BrN3OS/c1-3-4-8-18-23-14(2)19(26-18)20(25)22-12-15-9-10-24(13-15)17-7-5-6-16(21)11-17/h5-7,11,15H,3-4,8-10,12-13H2,1-2H3,(H,22,25). The van der Waals surface area contributed by atoms with Crippen molar-refractivity contribution in [3.05, 3.63) is 44.3 Å². The van der Waals surface area contributed by atoms with Crippen molar-refractivity contribution in [2.45, 2.75) is 39.5 Å². The zero-order chi connectivity index (χ0) is 18.5. The Bertz CT molecular complexity index is 761. The number of aromatic nitrogens is 1. The van der Waals surface area contributed by atoms with Gasteiger partial charge in [-0.1, -0.05) is 35.3 Å². The predicted octanol–water partition coefficient (Wildman–Crippen LogP) is 4.81. The first kappa shape index (κ1) is 19.4. The fourth-order valence-corrected chi connectivity index (χ4v) is 4.73. The lowest BCUT2D eigenvalue weighted by Gasteiger charge is -2.19. The maximum Gasteiger partial charge on any atom is 0.263 e. The number of aryl methyl sites for hydroxylation is 2. The predicted molar refractivity (Wildman–Crippen MR) is 112 cm³/mol. The monoisotopic (exact) mass is 435 g/mol. The molecule has 2 heterocycles. The zero-order valence-electron chi connectivity index (χ0n) is 15.4. The molecule has 1 atom stereocenters. The van der Waals surface area contributed by atoms with Crippen molar-refractivity contribution in [3.63, 3.8) is 0 Å². The SMILES string of the molecule is CCCCc1nc(C)c(C(=O)NCC2CCN(c3cccc(Br)c3)C2)s1. The van der Waals surface area contributed by atoms with Crippen molar-refractivity contribution >= 4 is 38.9 Å². The third kappa shape index (κ3) is 4.86. The first-order valence-electron chi connectivity index (χ1n) is 9.31. The van der Waals surface area contributed by atoms with Gasteiger partial charge in [-0.25, -0.2) is 4.98 Å². The van der Waals surface area contributed by atoms with Gasteiger partial charge >= 0.3 is 0 Å². The van der Waals surface area contributed by atoms with Crippen molar-refractivity contribution < 1.29 is 4.79 Å². The smallest absolute Gasteiger partial charge is 0.263 e. The van der Waals surface area contributed by atoms with E-state index in [0.29, 0.717) is 5.92 Å². The summed E-state index contributed by atoms with van der Waals surface area (Å²) in [6.45, 7) is 6.86. The molecular formula is C20H26BrN3OS. The van der Waals surface area contributed by atoms with Crippen molar-refractivity contribution in [2.75, 3.05) is 24.5 Å².